The van der Waals surface area contributed by atoms with E-state index >= 15 is 0 Å². The van der Waals surface area contributed by atoms with Crippen LogP contribution in [0.15, 0.2) is 24.3 Å². The largest absolute Gasteiger partial charge is 0.381 e. The Bertz CT molecular complexity index is 371. The maximum atomic E-state index is 3.69. The molecule has 1 nitrogen and oxygen atoms in total. The normalized spacial score (nSPS) is 39.0. The Balaban J connectivity index is 2.14. The molecule has 0 spiro atoms. The lowest BCUT2D eigenvalue weighted by molar-refractivity contribution is 0.441. The number of nitrogens with one attached hydrogen (secondary N) is 1. The van der Waals surface area contributed by atoms with Crippen LogP contribution in [0, 0.1) is 5.92 Å². The van der Waals surface area contributed by atoms with Crippen molar-refractivity contribution in [1.82, 2.24) is 0 Å². The molecule has 1 heteroatoms. The molecule has 0 saturated heterocycles. The summed E-state index contributed by atoms with van der Waals surface area (Å²) < 4.78 is 0. The Hall–Kier alpha value is -0.980. The zero-order chi connectivity index (χ0) is 9.76. The number of anilines is 1. The molecule has 1 aromatic rings. The first-order chi connectivity index (χ1) is 6.72. The number of fused-ring (bicyclic) bond motifs is 3. The van der Waals surface area contributed by atoms with Gasteiger partial charge in [-0.25, -0.2) is 0 Å². The van der Waals surface area contributed by atoms with Crippen LogP contribution < -0.4 is 5.32 Å². The van der Waals surface area contributed by atoms with E-state index in [9.17, 15) is 0 Å². The van der Waals surface area contributed by atoms with Crippen LogP contribution in [-0.4, -0.2) is 6.04 Å². The fraction of sp³-hybridized carbons (Fsp3) is 0.538. The van der Waals surface area contributed by atoms with E-state index in [2.05, 4.69) is 43.4 Å². The molecule has 0 radical (unpaired) electrons. The summed E-state index contributed by atoms with van der Waals surface area (Å²) in [6, 6.07) is 9.46. The molecule has 3 rings (SSSR count). The summed E-state index contributed by atoms with van der Waals surface area (Å²) in [5, 5.41) is 3.69. The molecular formula is C13H17N. The highest BCUT2D eigenvalue weighted by Gasteiger charge is 2.49. The quantitative estimate of drug-likeness (QED) is 0.658. The third kappa shape index (κ3) is 0.853. The molecule has 3 unspecified atom stereocenters. The number of hydrogen-bond acceptors (Lipinski definition) is 1. The molecule has 0 amide bonds. The summed E-state index contributed by atoms with van der Waals surface area (Å²) in [7, 11) is 0. The van der Waals surface area contributed by atoms with E-state index in [1.54, 1.807) is 0 Å². The Morgan fingerprint density at radius 1 is 1.36 bits per heavy atom. The van der Waals surface area contributed by atoms with Crippen molar-refractivity contribution in [2.45, 2.75) is 38.1 Å². The SMILES string of the molecule is CC1CCC2(C)c3ccccc3NC12. The van der Waals surface area contributed by atoms with Crippen LogP contribution in [0.5, 0.6) is 0 Å². The van der Waals surface area contributed by atoms with Crippen LogP contribution in [-0.2, 0) is 5.41 Å². The fourth-order valence-electron chi connectivity index (χ4n) is 3.36. The van der Waals surface area contributed by atoms with Gasteiger partial charge in [0.1, 0.15) is 0 Å². The molecule has 3 atom stereocenters. The Labute approximate surface area is 85.5 Å². The van der Waals surface area contributed by atoms with Crippen molar-refractivity contribution in [3.63, 3.8) is 0 Å². The number of para-hydroxylation sites is 1. The second kappa shape index (κ2) is 2.53. The van der Waals surface area contributed by atoms with Gasteiger partial charge in [-0.15, -0.1) is 0 Å². The Morgan fingerprint density at radius 2 is 2.14 bits per heavy atom. The van der Waals surface area contributed by atoms with Gasteiger partial charge in [-0.05, 0) is 30.4 Å². The summed E-state index contributed by atoms with van der Waals surface area (Å²) in [6.07, 6.45) is 2.70. The van der Waals surface area contributed by atoms with Crippen LogP contribution in [0.1, 0.15) is 32.3 Å². The number of hydrogen-bond donors (Lipinski definition) is 1. The van der Waals surface area contributed by atoms with Crippen LogP contribution in [0.3, 0.4) is 0 Å². The van der Waals surface area contributed by atoms with Gasteiger partial charge in [0, 0.05) is 17.1 Å². The third-order valence-electron chi connectivity index (χ3n) is 4.23. The standard InChI is InChI=1S/C13H17N/c1-9-7-8-13(2)10-5-3-4-6-11(10)14-12(9)13/h3-6,9,12,14H,7-8H2,1-2H3. The van der Waals surface area contributed by atoms with Gasteiger partial charge < -0.3 is 5.32 Å². The molecule has 1 saturated carbocycles. The maximum absolute atomic E-state index is 3.69. The highest BCUT2D eigenvalue weighted by molar-refractivity contribution is 5.62. The second-order valence-electron chi connectivity index (χ2n) is 5.10. The molecule has 1 heterocycles. The molecule has 0 bridgehead atoms. The van der Waals surface area contributed by atoms with Gasteiger partial charge in [0.15, 0.2) is 0 Å². The lowest BCUT2D eigenvalue weighted by Crippen LogP contribution is -2.33. The third-order valence-corrected chi connectivity index (χ3v) is 4.23. The monoisotopic (exact) mass is 187 g/mol. The average molecular weight is 187 g/mol. The van der Waals surface area contributed by atoms with Gasteiger partial charge in [0.2, 0.25) is 0 Å². The van der Waals surface area contributed by atoms with Gasteiger partial charge in [-0.1, -0.05) is 32.0 Å². The van der Waals surface area contributed by atoms with Crippen LogP contribution in [0.25, 0.3) is 0 Å². The zero-order valence-electron chi connectivity index (χ0n) is 8.88. The molecular weight excluding hydrogens is 170 g/mol. The number of rotatable bonds is 0. The first-order valence-corrected chi connectivity index (χ1v) is 5.58. The number of benzene rings is 1. The van der Waals surface area contributed by atoms with Gasteiger partial charge >= 0.3 is 0 Å². The predicted molar refractivity (Wildman–Crippen MR) is 59.6 cm³/mol. The van der Waals surface area contributed by atoms with E-state index < -0.39 is 0 Å². The molecule has 1 fully saturated rings. The lowest BCUT2D eigenvalue weighted by atomic mass is 9.79. The van der Waals surface area contributed by atoms with E-state index in [4.69, 9.17) is 0 Å². The zero-order valence-corrected chi connectivity index (χ0v) is 8.88. The smallest absolute Gasteiger partial charge is 0.0381 e. The van der Waals surface area contributed by atoms with Crippen molar-refractivity contribution in [2.75, 3.05) is 5.32 Å². The predicted octanol–water partition coefficient (Wildman–Crippen LogP) is 3.17. The van der Waals surface area contributed by atoms with Gasteiger partial charge in [-0.3, -0.25) is 0 Å². The van der Waals surface area contributed by atoms with Gasteiger partial charge in [0.25, 0.3) is 0 Å². The average Bonchev–Trinajstić information content (AvgIpc) is 2.64. The van der Waals surface area contributed by atoms with Crippen LogP contribution in [0.4, 0.5) is 5.69 Å². The topological polar surface area (TPSA) is 12.0 Å². The Morgan fingerprint density at radius 3 is 3.00 bits per heavy atom. The van der Waals surface area contributed by atoms with Crippen molar-refractivity contribution >= 4 is 5.69 Å². The summed E-state index contributed by atoms with van der Waals surface area (Å²) in [5.74, 6) is 0.812. The minimum Gasteiger partial charge on any atom is -0.381 e. The van der Waals surface area contributed by atoms with Crippen molar-refractivity contribution in [3.8, 4) is 0 Å². The fourth-order valence-corrected chi connectivity index (χ4v) is 3.36. The minimum atomic E-state index is 0.399. The summed E-state index contributed by atoms with van der Waals surface area (Å²) in [5.41, 5.74) is 3.30. The highest BCUT2D eigenvalue weighted by atomic mass is 15.0. The van der Waals surface area contributed by atoms with Crippen molar-refractivity contribution in [1.29, 1.82) is 0 Å². The second-order valence-corrected chi connectivity index (χ2v) is 5.10. The highest BCUT2D eigenvalue weighted by Crippen LogP contribution is 2.51. The molecule has 1 aliphatic heterocycles. The minimum absolute atomic E-state index is 0.399. The van der Waals surface area contributed by atoms with Crippen LogP contribution in [0.2, 0.25) is 0 Å². The molecule has 14 heavy (non-hydrogen) atoms. The maximum Gasteiger partial charge on any atom is 0.0381 e. The van der Waals surface area contributed by atoms with Gasteiger partial charge in [0.05, 0.1) is 0 Å². The van der Waals surface area contributed by atoms with Crippen molar-refractivity contribution < 1.29 is 0 Å². The summed E-state index contributed by atoms with van der Waals surface area (Å²) in [6.45, 7) is 4.79. The summed E-state index contributed by atoms with van der Waals surface area (Å²) >= 11 is 0. The molecule has 0 aromatic heterocycles. The first kappa shape index (κ1) is 8.34. The van der Waals surface area contributed by atoms with E-state index in [0.29, 0.717) is 11.5 Å². The van der Waals surface area contributed by atoms with E-state index in [1.807, 2.05) is 0 Å². The Kier molecular flexibility index (Phi) is 1.51. The molecule has 1 aliphatic carbocycles. The first-order valence-electron chi connectivity index (χ1n) is 5.58. The van der Waals surface area contributed by atoms with Crippen molar-refractivity contribution in [2.24, 2.45) is 5.92 Å². The van der Waals surface area contributed by atoms with Gasteiger partial charge in [-0.2, -0.15) is 0 Å². The molecule has 2 aliphatic rings. The van der Waals surface area contributed by atoms with E-state index in [0.717, 1.165) is 5.92 Å². The summed E-state index contributed by atoms with van der Waals surface area (Å²) in [4.78, 5) is 0. The lowest BCUT2D eigenvalue weighted by Gasteiger charge is -2.26. The molecule has 1 N–H and O–H groups in total. The van der Waals surface area contributed by atoms with E-state index in [-0.39, 0.29) is 0 Å². The molecule has 1 aromatic carbocycles. The van der Waals surface area contributed by atoms with E-state index in [1.165, 1.54) is 24.1 Å². The molecule has 74 valence electrons. The van der Waals surface area contributed by atoms with Crippen LogP contribution >= 0.6 is 0 Å². The van der Waals surface area contributed by atoms with Crippen molar-refractivity contribution in [3.05, 3.63) is 29.8 Å².